The average molecular weight is 449 g/mol. The summed E-state index contributed by atoms with van der Waals surface area (Å²) in [5.74, 6) is 1.16. The van der Waals surface area contributed by atoms with E-state index in [0.717, 1.165) is 42.7 Å². The number of rotatable bonds is 4. The first kappa shape index (κ1) is 21.1. The molecule has 0 aliphatic carbocycles. The van der Waals surface area contributed by atoms with Gasteiger partial charge in [-0.05, 0) is 82.7 Å². The number of nitrogens with zero attached hydrogens (tertiary/aromatic N) is 2. The molecule has 7 heteroatoms. The van der Waals surface area contributed by atoms with Crippen LogP contribution < -0.4 is 11.1 Å². The van der Waals surface area contributed by atoms with Crippen LogP contribution in [-0.4, -0.2) is 32.6 Å². The van der Waals surface area contributed by atoms with Crippen molar-refractivity contribution in [3.63, 3.8) is 0 Å². The molecule has 5 nitrogen and oxygen atoms in total. The van der Waals surface area contributed by atoms with Crippen molar-refractivity contribution in [1.29, 1.82) is 0 Å². The van der Waals surface area contributed by atoms with Crippen molar-refractivity contribution in [3.05, 3.63) is 71.9 Å². The van der Waals surface area contributed by atoms with Gasteiger partial charge in [0.15, 0.2) is 0 Å². The first-order valence-electron chi connectivity index (χ1n) is 10.9. The first-order valence-corrected chi connectivity index (χ1v) is 12.4. The van der Waals surface area contributed by atoms with E-state index in [1.807, 2.05) is 6.07 Å². The molecule has 3 N–H and O–H groups in total. The molecule has 0 amide bonds. The minimum absolute atomic E-state index is 0.300. The van der Waals surface area contributed by atoms with Crippen molar-refractivity contribution in [1.82, 2.24) is 15.3 Å². The number of benzene rings is 1. The lowest BCUT2D eigenvalue weighted by atomic mass is 9.89. The summed E-state index contributed by atoms with van der Waals surface area (Å²) < 4.78 is 25.5. The number of aromatic nitrogens is 2. The van der Waals surface area contributed by atoms with Crippen LogP contribution in [0.4, 0.5) is 10.2 Å². The van der Waals surface area contributed by atoms with Gasteiger partial charge in [0.25, 0.3) is 0 Å². The summed E-state index contributed by atoms with van der Waals surface area (Å²) in [7, 11) is 0. The number of halogens is 1. The molecule has 2 aliphatic rings. The van der Waals surface area contributed by atoms with E-state index in [0.29, 0.717) is 28.7 Å². The van der Waals surface area contributed by atoms with Crippen LogP contribution in [0.25, 0.3) is 27.8 Å². The zero-order valence-corrected chi connectivity index (χ0v) is 18.5. The Morgan fingerprint density at radius 3 is 2.72 bits per heavy atom. The highest BCUT2D eigenvalue weighted by atomic mass is 32.2. The summed E-state index contributed by atoms with van der Waals surface area (Å²) in [6, 6.07) is 11.9. The van der Waals surface area contributed by atoms with E-state index in [9.17, 15) is 8.94 Å². The summed E-state index contributed by atoms with van der Waals surface area (Å²) in [4.78, 5) is 8.01. The van der Waals surface area contributed by atoms with Crippen molar-refractivity contribution in [2.24, 2.45) is 0 Å². The second kappa shape index (κ2) is 9.02. The summed E-state index contributed by atoms with van der Waals surface area (Å²) in [6.07, 6.45) is 8.41. The minimum atomic E-state index is -0.746. The van der Waals surface area contributed by atoms with Crippen LogP contribution in [0.5, 0.6) is 0 Å². The van der Waals surface area contributed by atoms with E-state index in [1.165, 1.54) is 29.0 Å². The highest BCUT2D eigenvalue weighted by molar-refractivity contribution is 7.91. The number of hydrogen-bond acceptors (Lipinski definition) is 5. The van der Waals surface area contributed by atoms with E-state index in [4.69, 9.17) is 5.73 Å². The lowest BCUT2D eigenvalue weighted by Crippen LogP contribution is -2.18. The van der Waals surface area contributed by atoms with Gasteiger partial charge in [-0.2, -0.15) is 4.39 Å². The molecule has 5 rings (SSSR count). The van der Waals surface area contributed by atoms with Crippen LogP contribution >= 0.6 is 0 Å². The lowest BCUT2D eigenvalue weighted by Gasteiger charge is -2.23. The Balaban J connectivity index is 1.57. The topological polar surface area (TPSA) is 86.9 Å². The Hall–Kier alpha value is -2.74. The zero-order chi connectivity index (χ0) is 22.1. The van der Waals surface area contributed by atoms with Gasteiger partial charge in [-0.25, -0.2) is 9.97 Å². The zero-order valence-electron chi connectivity index (χ0n) is 17.7. The van der Waals surface area contributed by atoms with Gasteiger partial charge in [-0.3, -0.25) is 0 Å². The maximum atomic E-state index is 13.7. The van der Waals surface area contributed by atoms with Crippen molar-refractivity contribution in [3.8, 4) is 22.3 Å². The molecule has 1 saturated heterocycles. The normalized spacial score (nSPS) is 20.9. The van der Waals surface area contributed by atoms with E-state index in [-0.39, 0.29) is 0 Å². The second-order valence-corrected chi connectivity index (χ2v) is 9.89. The Kier molecular flexibility index (Phi) is 5.95. The van der Waals surface area contributed by atoms with Gasteiger partial charge in [-0.1, -0.05) is 12.1 Å². The predicted molar refractivity (Wildman–Crippen MR) is 128 cm³/mol. The number of pyridine rings is 2. The second-order valence-electron chi connectivity index (χ2n) is 8.26. The number of nitrogens with two attached hydrogens (primary N) is 1. The van der Waals surface area contributed by atoms with Crippen LogP contribution in [0.3, 0.4) is 0 Å². The SMILES string of the molecule is Nc1ncc(-c2ccc(C3=CC[S+]([O-])CC3)c([C@@H]3CCCN3)c2)cc1-c1ccnc(F)c1. The Morgan fingerprint density at radius 1 is 1.06 bits per heavy atom. The van der Waals surface area contributed by atoms with Crippen LogP contribution in [-0.2, 0) is 11.2 Å². The molecule has 2 atom stereocenters. The summed E-state index contributed by atoms with van der Waals surface area (Å²) >= 11 is -0.746. The van der Waals surface area contributed by atoms with Crippen LogP contribution in [0.2, 0.25) is 0 Å². The van der Waals surface area contributed by atoms with Gasteiger partial charge in [0, 0.05) is 42.0 Å². The van der Waals surface area contributed by atoms with E-state index >= 15 is 0 Å². The van der Waals surface area contributed by atoms with Gasteiger partial charge >= 0.3 is 0 Å². The molecule has 2 aliphatic heterocycles. The van der Waals surface area contributed by atoms with Crippen molar-refractivity contribution in [2.45, 2.75) is 25.3 Å². The third-order valence-corrected chi connectivity index (χ3v) is 7.44. The summed E-state index contributed by atoms with van der Waals surface area (Å²) in [6.45, 7) is 1.01. The third kappa shape index (κ3) is 4.28. The van der Waals surface area contributed by atoms with Gasteiger partial charge in [0.1, 0.15) is 17.3 Å². The fourth-order valence-corrected chi connectivity index (χ4v) is 5.56. The molecular formula is C25H25FN4OS. The van der Waals surface area contributed by atoms with Crippen molar-refractivity contribution in [2.75, 3.05) is 23.8 Å². The van der Waals surface area contributed by atoms with Gasteiger partial charge in [-0.15, -0.1) is 0 Å². The van der Waals surface area contributed by atoms with Gasteiger partial charge in [0.05, 0.1) is 0 Å². The van der Waals surface area contributed by atoms with Crippen LogP contribution in [0.15, 0.2) is 54.9 Å². The Labute approximate surface area is 190 Å². The molecule has 1 aromatic carbocycles. The molecule has 164 valence electrons. The molecule has 32 heavy (non-hydrogen) atoms. The van der Waals surface area contributed by atoms with Gasteiger partial charge < -0.3 is 15.6 Å². The number of allylic oxidation sites excluding steroid dienone is 1. The molecule has 0 saturated carbocycles. The Bertz CT molecular complexity index is 1180. The maximum Gasteiger partial charge on any atom is 0.213 e. The van der Waals surface area contributed by atoms with Gasteiger partial charge in [0.2, 0.25) is 5.95 Å². The largest absolute Gasteiger partial charge is 0.616 e. The lowest BCUT2D eigenvalue weighted by molar-refractivity contribution is 0.584. The fraction of sp³-hybridized carbons (Fsp3) is 0.280. The third-order valence-electron chi connectivity index (χ3n) is 6.24. The van der Waals surface area contributed by atoms with Crippen LogP contribution in [0, 0.1) is 5.95 Å². The number of nitrogen functional groups attached to an aromatic ring is 1. The molecule has 4 heterocycles. The Morgan fingerprint density at radius 2 is 1.97 bits per heavy atom. The molecule has 1 fully saturated rings. The van der Waals surface area contributed by atoms with E-state index in [2.05, 4.69) is 39.6 Å². The standard InChI is InChI=1S/C25H25FN4OS/c26-24-14-18(5-9-29-24)21-13-19(15-30-25(21)27)17-3-4-20(16-6-10-32(31)11-7-16)22(12-17)23-2-1-8-28-23/h3-6,9,12-15,23,28H,1-2,7-8,10-11H2,(H2,27,30)/t23-,32?/m0/s1. The van der Waals surface area contributed by atoms with Crippen molar-refractivity contribution >= 4 is 22.6 Å². The highest BCUT2D eigenvalue weighted by Gasteiger charge is 2.24. The van der Waals surface area contributed by atoms with Crippen LogP contribution in [0.1, 0.15) is 36.4 Å². The van der Waals surface area contributed by atoms with E-state index in [1.54, 1.807) is 12.3 Å². The molecule has 3 aromatic rings. The molecule has 0 spiro atoms. The minimum Gasteiger partial charge on any atom is -0.616 e. The molecule has 0 bridgehead atoms. The quantitative estimate of drug-likeness (QED) is 0.454. The monoisotopic (exact) mass is 448 g/mol. The molecule has 0 radical (unpaired) electrons. The maximum absolute atomic E-state index is 13.7. The number of anilines is 1. The van der Waals surface area contributed by atoms with Crippen molar-refractivity contribution < 1.29 is 8.94 Å². The molecule has 1 unspecified atom stereocenters. The molecule has 2 aromatic heterocycles. The number of hydrogen-bond donors (Lipinski definition) is 2. The smallest absolute Gasteiger partial charge is 0.213 e. The van der Waals surface area contributed by atoms with E-state index < -0.39 is 17.1 Å². The molecular weight excluding hydrogens is 423 g/mol. The summed E-state index contributed by atoms with van der Waals surface area (Å²) in [5, 5.41) is 3.62. The summed E-state index contributed by atoms with van der Waals surface area (Å²) in [5.41, 5.74) is 13.2. The average Bonchev–Trinajstić information content (AvgIpc) is 3.35. The number of nitrogens with one attached hydrogen (secondary N) is 1. The predicted octanol–water partition coefficient (Wildman–Crippen LogP) is 4.49. The first-order chi connectivity index (χ1) is 15.6. The fourth-order valence-electron chi connectivity index (χ4n) is 4.55. The highest BCUT2D eigenvalue weighted by Crippen LogP contribution is 2.37.